The molecule has 19 heavy (non-hydrogen) atoms. The summed E-state index contributed by atoms with van der Waals surface area (Å²) in [5, 5.41) is 13.0. The molecule has 1 aliphatic rings. The fourth-order valence-corrected chi connectivity index (χ4v) is 2.42. The molecule has 0 aromatic heterocycles. The van der Waals surface area contributed by atoms with Gasteiger partial charge in [-0.2, -0.15) is 0 Å². The van der Waals surface area contributed by atoms with Crippen molar-refractivity contribution in [2.75, 3.05) is 13.7 Å². The van der Waals surface area contributed by atoms with Gasteiger partial charge in [0.05, 0.1) is 23.8 Å². The van der Waals surface area contributed by atoms with Crippen molar-refractivity contribution in [1.29, 1.82) is 0 Å². The molecule has 1 fully saturated rings. The van der Waals surface area contributed by atoms with Crippen LogP contribution in [0.5, 0.6) is 5.75 Å². The molecule has 1 unspecified atom stereocenters. The van der Waals surface area contributed by atoms with Crippen molar-refractivity contribution < 1.29 is 14.6 Å². The topological polar surface area (TPSA) is 58.6 Å². The Bertz CT molecular complexity index is 491. The van der Waals surface area contributed by atoms with Crippen molar-refractivity contribution in [3.63, 3.8) is 0 Å². The summed E-state index contributed by atoms with van der Waals surface area (Å²) in [4.78, 5) is 12.1. The van der Waals surface area contributed by atoms with E-state index in [9.17, 15) is 9.90 Å². The SMILES string of the molecule is COc1cc(I)c(Cl)cc1C(=O)NCC(O)C1CC1. The Labute approximate surface area is 130 Å². The molecular formula is C13H15ClINO3. The largest absolute Gasteiger partial charge is 0.496 e. The molecule has 4 nitrogen and oxygen atoms in total. The maximum Gasteiger partial charge on any atom is 0.255 e. The molecule has 0 spiro atoms. The lowest BCUT2D eigenvalue weighted by Gasteiger charge is -2.13. The fraction of sp³-hybridized carbons (Fsp3) is 0.462. The smallest absolute Gasteiger partial charge is 0.255 e. The third-order valence-electron chi connectivity index (χ3n) is 3.12. The highest BCUT2D eigenvalue weighted by Crippen LogP contribution is 2.32. The van der Waals surface area contributed by atoms with E-state index in [4.69, 9.17) is 16.3 Å². The number of carbonyl (C=O) groups is 1. The summed E-state index contributed by atoms with van der Waals surface area (Å²) in [5.74, 6) is 0.532. The third kappa shape index (κ3) is 3.73. The van der Waals surface area contributed by atoms with E-state index in [2.05, 4.69) is 27.9 Å². The number of aliphatic hydroxyl groups is 1. The Morgan fingerprint density at radius 2 is 2.32 bits per heavy atom. The number of halogens is 2. The van der Waals surface area contributed by atoms with E-state index in [0.717, 1.165) is 16.4 Å². The van der Waals surface area contributed by atoms with Gasteiger partial charge in [-0.15, -0.1) is 0 Å². The van der Waals surface area contributed by atoms with Gasteiger partial charge in [0.1, 0.15) is 5.75 Å². The molecule has 0 aliphatic heterocycles. The minimum absolute atomic E-state index is 0.260. The molecule has 1 atom stereocenters. The van der Waals surface area contributed by atoms with Gasteiger partial charge in [-0.25, -0.2) is 0 Å². The van der Waals surface area contributed by atoms with Gasteiger partial charge >= 0.3 is 0 Å². The minimum Gasteiger partial charge on any atom is -0.496 e. The summed E-state index contributed by atoms with van der Waals surface area (Å²) in [7, 11) is 1.51. The summed E-state index contributed by atoms with van der Waals surface area (Å²) in [5.41, 5.74) is 0.385. The lowest BCUT2D eigenvalue weighted by Crippen LogP contribution is -2.33. The highest BCUT2D eigenvalue weighted by molar-refractivity contribution is 14.1. The lowest BCUT2D eigenvalue weighted by molar-refractivity contribution is 0.0898. The molecule has 1 amide bonds. The number of methoxy groups -OCH3 is 1. The molecular weight excluding hydrogens is 381 g/mol. The highest BCUT2D eigenvalue weighted by atomic mass is 127. The number of carbonyl (C=O) groups excluding carboxylic acids is 1. The van der Waals surface area contributed by atoms with E-state index < -0.39 is 6.10 Å². The molecule has 104 valence electrons. The second-order valence-corrected chi connectivity index (χ2v) is 6.15. The molecule has 0 bridgehead atoms. The van der Waals surface area contributed by atoms with Gasteiger partial charge < -0.3 is 15.2 Å². The zero-order chi connectivity index (χ0) is 14.0. The van der Waals surface area contributed by atoms with E-state index in [1.54, 1.807) is 12.1 Å². The van der Waals surface area contributed by atoms with E-state index in [1.807, 2.05) is 0 Å². The second kappa shape index (κ2) is 6.28. The first kappa shape index (κ1) is 14.9. The fourth-order valence-electron chi connectivity index (χ4n) is 1.82. The average molecular weight is 396 g/mol. The standard InChI is InChI=1S/C13H15ClINO3/c1-19-12-5-10(15)9(14)4-8(12)13(18)16-6-11(17)7-2-3-7/h4-5,7,11,17H,2-3,6H2,1H3,(H,16,18). The van der Waals surface area contributed by atoms with E-state index in [-0.39, 0.29) is 12.5 Å². The molecule has 0 saturated heterocycles. The average Bonchev–Trinajstić information content (AvgIpc) is 3.22. The second-order valence-electron chi connectivity index (χ2n) is 4.58. The van der Waals surface area contributed by atoms with Crippen molar-refractivity contribution in [2.24, 2.45) is 5.92 Å². The zero-order valence-corrected chi connectivity index (χ0v) is 13.4. The Morgan fingerprint density at radius 1 is 1.63 bits per heavy atom. The third-order valence-corrected chi connectivity index (χ3v) is 4.65. The van der Waals surface area contributed by atoms with Crippen LogP contribution in [-0.4, -0.2) is 30.8 Å². The monoisotopic (exact) mass is 395 g/mol. The van der Waals surface area contributed by atoms with Gasteiger partial charge in [-0.1, -0.05) is 11.6 Å². The van der Waals surface area contributed by atoms with Crippen molar-refractivity contribution >= 4 is 40.1 Å². The van der Waals surface area contributed by atoms with Crippen molar-refractivity contribution in [3.8, 4) is 5.75 Å². The van der Waals surface area contributed by atoms with Gasteiger partial charge in [-0.3, -0.25) is 4.79 Å². The molecule has 1 aliphatic carbocycles. The van der Waals surface area contributed by atoms with Crippen LogP contribution in [0.4, 0.5) is 0 Å². The summed E-state index contributed by atoms with van der Waals surface area (Å²) < 4.78 is 6.01. The predicted molar refractivity (Wildman–Crippen MR) is 81.8 cm³/mol. The van der Waals surface area contributed by atoms with Crippen LogP contribution in [0.3, 0.4) is 0 Å². The van der Waals surface area contributed by atoms with Crippen LogP contribution in [0.2, 0.25) is 5.02 Å². The minimum atomic E-state index is -0.464. The van der Waals surface area contributed by atoms with Crippen molar-refractivity contribution in [3.05, 3.63) is 26.3 Å². The van der Waals surface area contributed by atoms with Gasteiger partial charge in [0.15, 0.2) is 0 Å². The van der Waals surface area contributed by atoms with Gasteiger partial charge in [0.25, 0.3) is 5.91 Å². The number of hydrogen-bond acceptors (Lipinski definition) is 3. The first-order chi connectivity index (χ1) is 9.02. The van der Waals surface area contributed by atoms with Gasteiger partial charge in [0, 0.05) is 10.1 Å². The predicted octanol–water partition coefficient (Wildman–Crippen LogP) is 2.45. The lowest BCUT2D eigenvalue weighted by atomic mass is 10.1. The molecule has 1 aromatic rings. The summed E-state index contributed by atoms with van der Waals surface area (Å²) in [6.45, 7) is 0.260. The van der Waals surface area contributed by atoms with E-state index in [1.165, 1.54) is 7.11 Å². The summed E-state index contributed by atoms with van der Waals surface area (Å²) in [6, 6.07) is 3.30. The number of nitrogens with one attached hydrogen (secondary N) is 1. The molecule has 0 radical (unpaired) electrons. The number of aliphatic hydroxyl groups excluding tert-OH is 1. The van der Waals surface area contributed by atoms with E-state index >= 15 is 0 Å². The van der Waals surface area contributed by atoms with Crippen LogP contribution in [-0.2, 0) is 0 Å². The number of amides is 1. The molecule has 6 heteroatoms. The first-order valence-corrected chi connectivity index (χ1v) is 7.48. The molecule has 2 N–H and O–H groups in total. The van der Waals surface area contributed by atoms with Crippen molar-refractivity contribution in [1.82, 2.24) is 5.32 Å². The Morgan fingerprint density at radius 3 is 2.89 bits per heavy atom. The van der Waals surface area contributed by atoms with Crippen molar-refractivity contribution in [2.45, 2.75) is 18.9 Å². The Balaban J connectivity index is 2.06. The number of rotatable bonds is 5. The van der Waals surface area contributed by atoms with Crippen LogP contribution in [0.25, 0.3) is 0 Å². The zero-order valence-electron chi connectivity index (χ0n) is 10.5. The number of ether oxygens (including phenoxy) is 1. The highest BCUT2D eigenvalue weighted by Gasteiger charge is 2.30. The normalized spacial score (nSPS) is 16.0. The molecule has 1 aromatic carbocycles. The van der Waals surface area contributed by atoms with Crippen LogP contribution < -0.4 is 10.1 Å². The van der Waals surface area contributed by atoms with Crippen LogP contribution in [0, 0.1) is 9.49 Å². The summed E-state index contributed by atoms with van der Waals surface area (Å²) >= 11 is 8.10. The molecule has 1 saturated carbocycles. The van der Waals surface area contributed by atoms with Crippen LogP contribution >= 0.6 is 34.2 Å². The summed E-state index contributed by atoms with van der Waals surface area (Å²) in [6.07, 6.45) is 1.61. The van der Waals surface area contributed by atoms with Gasteiger partial charge in [0.2, 0.25) is 0 Å². The van der Waals surface area contributed by atoms with E-state index in [0.29, 0.717) is 22.3 Å². The Kier molecular flexibility index (Phi) is 4.92. The van der Waals surface area contributed by atoms with Crippen LogP contribution in [0.15, 0.2) is 12.1 Å². The first-order valence-electron chi connectivity index (χ1n) is 6.02. The number of benzene rings is 1. The van der Waals surface area contributed by atoms with Crippen LogP contribution in [0.1, 0.15) is 23.2 Å². The maximum atomic E-state index is 12.1. The Hall–Kier alpha value is -0.530. The quantitative estimate of drug-likeness (QED) is 0.753. The number of hydrogen-bond donors (Lipinski definition) is 2. The molecule has 2 rings (SSSR count). The molecule has 0 heterocycles. The van der Waals surface area contributed by atoms with Gasteiger partial charge in [-0.05, 0) is 53.5 Å². The maximum absolute atomic E-state index is 12.1.